The van der Waals surface area contributed by atoms with E-state index in [1.807, 2.05) is 18.4 Å². The molecule has 2 atom stereocenters. The summed E-state index contributed by atoms with van der Waals surface area (Å²) in [4.78, 5) is 24.6. The maximum atomic E-state index is 12.0. The molecule has 3 rings (SSSR count). The van der Waals surface area contributed by atoms with Crippen LogP contribution in [0.25, 0.3) is 0 Å². The Hall–Kier alpha value is -1.36. The molecular formula is C11H12N2O2S. The lowest BCUT2D eigenvalue weighted by molar-refractivity contribution is -0.126. The summed E-state index contributed by atoms with van der Waals surface area (Å²) in [7, 11) is 0. The van der Waals surface area contributed by atoms with Crippen LogP contribution < -0.4 is 10.6 Å². The Balaban J connectivity index is 2.20. The fraction of sp³-hybridized carbons (Fsp3) is 0.455. The number of imide groups is 1. The Kier molecular flexibility index (Phi) is 1.89. The number of hydrogen-bond acceptors (Lipinski definition) is 3. The molecule has 0 radical (unpaired) electrons. The number of urea groups is 1. The highest BCUT2D eigenvalue weighted by Crippen LogP contribution is 2.43. The molecule has 2 N–H and O–H groups in total. The molecule has 16 heavy (non-hydrogen) atoms. The van der Waals surface area contributed by atoms with Crippen molar-refractivity contribution in [2.75, 3.05) is 0 Å². The molecule has 5 heteroatoms. The van der Waals surface area contributed by atoms with E-state index in [9.17, 15) is 9.59 Å². The maximum absolute atomic E-state index is 12.0. The monoisotopic (exact) mass is 236 g/mol. The molecule has 1 aliphatic carbocycles. The van der Waals surface area contributed by atoms with Crippen molar-refractivity contribution >= 4 is 23.3 Å². The molecule has 0 bridgehead atoms. The van der Waals surface area contributed by atoms with E-state index in [1.54, 1.807) is 11.3 Å². The standard InChI is InChI=1S/C11H12N2O2S/c1-6-2-3-8-7(4-5-16-8)11(6)9(14)12-10(15)13-11/h4-6H,2-3H2,1H3,(H2,12,13,14,15)/t6?,11-/m0/s1. The van der Waals surface area contributed by atoms with Gasteiger partial charge in [-0.1, -0.05) is 6.92 Å². The van der Waals surface area contributed by atoms with Crippen molar-refractivity contribution in [1.82, 2.24) is 10.6 Å². The number of fused-ring (bicyclic) bond motifs is 2. The van der Waals surface area contributed by atoms with Crippen molar-refractivity contribution < 1.29 is 9.59 Å². The van der Waals surface area contributed by atoms with Gasteiger partial charge in [-0.25, -0.2) is 4.79 Å². The van der Waals surface area contributed by atoms with Gasteiger partial charge in [0.05, 0.1) is 0 Å². The molecule has 1 aromatic rings. The first-order valence-electron chi connectivity index (χ1n) is 5.35. The van der Waals surface area contributed by atoms with Crippen LogP contribution in [0.5, 0.6) is 0 Å². The summed E-state index contributed by atoms with van der Waals surface area (Å²) in [6.45, 7) is 2.02. The van der Waals surface area contributed by atoms with Gasteiger partial charge < -0.3 is 5.32 Å². The minimum atomic E-state index is -0.815. The van der Waals surface area contributed by atoms with Crippen molar-refractivity contribution in [2.45, 2.75) is 25.3 Å². The van der Waals surface area contributed by atoms with Crippen LogP contribution in [-0.4, -0.2) is 11.9 Å². The quantitative estimate of drug-likeness (QED) is 0.668. The second-order valence-corrected chi connectivity index (χ2v) is 5.41. The van der Waals surface area contributed by atoms with Gasteiger partial charge >= 0.3 is 6.03 Å². The van der Waals surface area contributed by atoms with Gasteiger partial charge in [0.25, 0.3) is 5.91 Å². The van der Waals surface area contributed by atoms with E-state index in [1.165, 1.54) is 4.88 Å². The van der Waals surface area contributed by atoms with E-state index in [4.69, 9.17) is 0 Å². The second-order valence-electron chi connectivity index (χ2n) is 4.41. The third-order valence-corrected chi connectivity index (χ3v) is 4.59. The van der Waals surface area contributed by atoms with Gasteiger partial charge in [0.2, 0.25) is 0 Å². The lowest BCUT2D eigenvalue weighted by Gasteiger charge is -2.36. The average molecular weight is 236 g/mol. The largest absolute Gasteiger partial charge is 0.322 e. The third-order valence-electron chi connectivity index (χ3n) is 3.61. The number of amides is 3. The topological polar surface area (TPSA) is 58.2 Å². The van der Waals surface area contributed by atoms with Crippen LogP contribution in [0, 0.1) is 5.92 Å². The van der Waals surface area contributed by atoms with Gasteiger partial charge in [-0.05, 0) is 30.2 Å². The van der Waals surface area contributed by atoms with Gasteiger partial charge in [0.1, 0.15) is 5.54 Å². The predicted molar refractivity (Wildman–Crippen MR) is 60.2 cm³/mol. The lowest BCUT2D eigenvalue weighted by atomic mass is 9.72. The van der Waals surface area contributed by atoms with Crippen LogP contribution in [0.4, 0.5) is 4.79 Å². The number of hydrogen-bond donors (Lipinski definition) is 2. The molecule has 1 aliphatic heterocycles. The van der Waals surface area contributed by atoms with Gasteiger partial charge in [-0.3, -0.25) is 10.1 Å². The average Bonchev–Trinajstić information content (AvgIpc) is 2.79. The van der Waals surface area contributed by atoms with E-state index >= 15 is 0 Å². The van der Waals surface area contributed by atoms with Crippen LogP contribution in [0.15, 0.2) is 11.4 Å². The van der Waals surface area contributed by atoms with E-state index < -0.39 is 5.54 Å². The van der Waals surface area contributed by atoms with Crippen molar-refractivity contribution in [3.63, 3.8) is 0 Å². The molecule has 84 valence electrons. The fourth-order valence-corrected chi connectivity index (χ4v) is 3.68. The summed E-state index contributed by atoms with van der Waals surface area (Å²) in [6, 6.07) is 1.58. The third kappa shape index (κ3) is 1.04. The van der Waals surface area contributed by atoms with Crippen LogP contribution >= 0.6 is 11.3 Å². The Bertz CT molecular complexity index is 482. The summed E-state index contributed by atoms with van der Waals surface area (Å²) in [5.41, 5.74) is 0.171. The summed E-state index contributed by atoms with van der Waals surface area (Å²) >= 11 is 1.66. The van der Waals surface area contributed by atoms with Crippen LogP contribution in [0.1, 0.15) is 23.8 Å². The lowest BCUT2D eigenvalue weighted by Crippen LogP contribution is -2.51. The molecular weight excluding hydrogens is 224 g/mol. The minimum Gasteiger partial charge on any atom is -0.319 e. The number of carbonyl (C=O) groups is 2. The number of thiophene rings is 1. The van der Waals surface area contributed by atoms with Crippen molar-refractivity contribution in [3.8, 4) is 0 Å². The summed E-state index contributed by atoms with van der Waals surface area (Å²) < 4.78 is 0. The fourth-order valence-electron chi connectivity index (χ4n) is 2.72. The molecule has 1 unspecified atom stereocenters. The Labute approximate surface area is 97.0 Å². The Morgan fingerprint density at radius 3 is 3.00 bits per heavy atom. The zero-order valence-electron chi connectivity index (χ0n) is 8.87. The Morgan fingerprint density at radius 2 is 2.31 bits per heavy atom. The highest BCUT2D eigenvalue weighted by atomic mass is 32.1. The number of carbonyl (C=O) groups excluding carboxylic acids is 2. The van der Waals surface area contributed by atoms with E-state index in [0.717, 1.165) is 18.4 Å². The van der Waals surface area contributed by atoms with Crippen molar-refractivity contribution in [3.05, 3.63) is 21.9 Å². The normalized spacial score (nSPS) is 32.4. The van der Waals surface area contributed by atoms with Crippen molar-refractivity contribution in [2.24, 2.45) is 5.92 Å². The van der Waals surface area contributed by atoms with Gasteiger partial charge in [-0.2, -0.15) is 0 Å². The SMILES string of the molecule is CC1CCc2sccc2[C@@]12NC(=O)NC2=O. The molecule has 4 nitrogen and oxygen atoms in total. The van der Waals surface area contributed by atoms with E-state index in [0.29, 0.717) is 0 Å². The molecule has 1 spiro atoms. The summed E-state index contributed by atoms with van der Waals surface area (Å²) in [5.74, 6) is -0.0644. The van der Waals surface area contributed by atoms with Gasteiger partial charge in [-0.15, -0.1) is 11.3 Å². The van der Waals surface area contributed by atoms with Crippen LogP contribution in [-0.2, 0) is 16.8 Å². The van der Waals surface area contributed by atoms with E-state index in [2.05, 4.69) is 10.6 Å². The predicted octanol–water partition coefficient (Wildman–Crippen LogP) is 1.37. The minimum absolute atomic E-state index is 0.140. The molecule has 0 saturated carbocycles. The number of nitrogens with one attached hydrogen (secondary N) is 2. The summed E-state index contributed by atoms with van der Waals surface area (Å²) in [5, 5.41) is 7.16. The van der Waals surface area contributed by atoms with E-state index in [-0.39, 0.29) is 17.9 Å². The Morgan fingerprint density at radius 1 is 1.50 bits per heavy atom. The van der Waals surface area contributed by atoms with Gasteiger partial charge in [0.15, 0.2) is 0 Å². The van der Waals surface area contributed by atoms with Gasteiger partial charge in [0, 0.05) is 10.4 Å². The molecule has 1 aromatic heterocycles. The maximum Gasteiger partial charge on any atom is 0.322 e. The zero-order chi connectivity index (χ0) is 11.3. The second kappa shape index (κ2) is 3.07. The first kappa shape index (κ1) is 9.84. The first-order chi connectivity index (χ1) is 7.64. The highest BCUT2D eigenvalue weighted by Gasteiger charge is 2.54. The van der Waals surface area contributed by atoms with Crippen LogP contribution in [0.3, 0.4) is 0 Å². The first-order valence-corrected chi connectivity index (χ1v) is 6.23. The molecule has 1 saturated heterocycles. The zero-order valence-corrected chi connectivity index (χ0v) is 9.69. The molecule has 2 heterocycles. The summed E-state index contributed by atoms with van der Waals surface area (Å²) in [6.07, 6.45) is 1.93. The number of rotatable bonds is 0. The highest BCUT2D eigenvalue weighted by molar-refractivity contribution is 7.10. The van der Waals surface area contributed by atoms with Crippen molar-refractivity contribution in [1.29, 1.82) is 0 Å². The molecule has 2 aliphatic rings. The smallest absolute Gasteiger partial charge is 0.319 e. The molecule has 1 fully saturated rings. The van der Waals surface area contributed by atoms with Crippen LogP contribution in [0.2, 0.25) is 0 Å². The number of aryl methyl sites for hydroxylation is 1. The molecule has 3 amide bonds. The molecule has 0 aromatic carbocycles.